The summed E-state index contributed by atoms with van der Waals surface area (Å²) in [5.74, 6) is 0.488. The number of esters is 1. The summed E-state index contributed by atoms with van der Waals surface area (Å²) in [6.45, 7) is 33.7. The third-order valence-corrected chi connectivity index (χ3v) is 21.6. The number of rotatable bonds is 20. The molecule has 0 bridgehead atoms. The van der Waals surface area contributed by atoms with Crippen LogP contribution in [0.1, 0.15) is 130 Å². The Morgan fingerprint density at radius 1 is 0.946 bits per heavy atom. The zero-order valence-corrected chi connectivity index (χ0v) is 39.4. The molecule has 0 aliphatic carbocycles. The van der Waals surface area contributed by atoms with Gasteiger partial charge in [-0.3, -0.25) is 0 Å². The second-order valence-corrected chi connectivity index (χ2v) is 29.0. The summed E-state index contributed by atoms with van der Waals surface area (Å²) < 4.78 is 39.3. The molecule has 1 N–H and O–H groups in total. The first-order valence-electron chi connectivity index (χ1n) is 21.1. The van der Waals surface area contributed by atoms with Crippen LogP contribution in [-0.4, -0.2) is 58.2 Å². The van der Waals surface area contributed by atoms with Crippen LogP contribution in [0.5, 0.6) is 5.75 Å². The van der Waals surface area contributed by atoms with E-state index in [1.54, 1.807) is 0 Å². The first kappa shape index (κ1) is 46.2. The van der Waals surface area contributed by atoms with Crippen molar-refractivity contribution in [1.29, 1.82) is 0 Å². The van der Waals surface area contributed by atoms with Crippen LogP contribution in [0, 0.1) is 5.92 Å². The average Bonchev–Trinajstić information content (AvgIpc) is 3.72. The largest absolute Gasteiger partial charge is 0.488 e. The maximum atomic E-state index is 13.8. The number of hydrogen-bond acceptors (Lipinski definition) is 8. The van der Waals surface area contributed by atoms with Crippen LogP contribution in [0.25, 0.3) is 11.0 Å². The summed E-state index contributed by atoms with van der Waals surface area (Å²) in [6, 6.07) is 12.5. The Morgan fingerprint density at radius 2 is 1.59 bits per heavy atom. The minimum atomic E-state index is -2.43. The molecule has 2 aromatic carbocycles. The number of epoxide rings is 1. The van der Waals surface area contributed by atoms with Crippen molar-refractivity contribution in [2.75, 3.05) is 6.61 Å². The molecule has 0 amide bonds. The van der Waals surface area contributed by atoms with Crippen LogP contribution in [0.4, 0.5) is 0 Å². The van der Waals surface area contributed by atoms with Gasteiger partial charge in [0, 0.05) is 23.3 Å². The Morgan fingerprint density at radius 3 is 2.12 bits per heavy atom. The number of benzene rings is 2. The van der Waals surface area contributed by atoms with E-state index in [2.05, 4.69) is 107 Å². The lowest BCUT2D eigenvalue weighted by Crippen LogP contribution is -2.53. The maximum Gasteiger partial charge on any atom is 0.343 e. The van der Waals surface area contributed by atoms with Gasteiger partial charge in [0.25, 0.3) is 0 Å². The molecule has 314 valence electrons. The fraction of sp³-hybridized carbons (Fsp3) is 0.674. The smallest absolute Gasteiger partial charge is 0.343 e. The van der Waals surface area contributed by atoms with E-state index >= 15 is 0 Å². The van der Waals surface area contributed by atoms with Crippen molar-refractivity contribution >= 4 is 33.6 Å². The standard InChI is InChI=1S/C46H74O8Si2/c1-16-22-34(38(47)27-40(54-56(14,15)45(9,10)11)46(39(17-2)53-46)43(48)49-18-3)36-29-51-42-35(36)26-33(25-31(4)5)41(50-28-32-23-20-19-21-24-32)37(42)30-52-55(12,13)44(6,7)8/h19-21,23-24,26,29,31,34,38-40,47H,16-18,22,25,27-28,30H2,1-15H3/t34-,38-,39-,40-,46-/m1/s1. The molecule has 10 heteroatoms. The van der Waals surface area contributed by atoms with Gasteiger partial charge in [0.05, 0.1) is 37.2 Å². The van der Waals surface area contributed by atoms with Crippen molar-refractivity contribution in [1.82, 2.24) is 0 Å². The van der Waals surface area contributed by atoms with Gasteiger partial charge in [0.1, 0.15) is 24.0 Å². The Bertz CT molecular complexity index is 1740. The summed E-state index contributed by atoms with van der Waals surface area (Å²) in [7, 11) is -4.59. The van der Waals surface area contributed by atoms with E-state index in [0.29, 0.717) is 32.0 Å². The summed E-state index contributed by atoms with van der Waals surface area (Å²) in [5, 5.41) is 13.4. The van der Waals surface area contributed by atoms with E-state index in [1.807, 2.05) is 38.3 Å². The van der Waals surface area contributed by atoms with Crippen molar-refractivity contribution in [2.45, 2.75) is 188 Å². The minimum absolute atomic E-state index is 0.0172. The molecule has 4 rings (SSSR count). The highest BCUT2D eigenvalue weighted by Gasteiger charge is 2.69. The number of aliphatic hydroxyl groups excluding tert-OH is 1. The molecule has 1 aromatic heterocycles. The monoisotopic (exact) mass is 810 g/mol. The zero-order valence-electron chi connectivity index (χ0n) is 37.4. The van der Waals surface area contributed by atoms with E-state index in [9.17, 15) is 9.90 Å². The Hall–Kier alpha value is -2.48. The SMILES string of the molecule is CCC[C@H](c1coc2c(CO[Si](C)(C)C(C)(C)C)c(OCc3ccccc3)c(CC(C)C)cc12)[C@H](O)C[C@@H](O[Si](C)(C)C(C)(C)C)[C@]1(C(=O)OCC)O[C@@H]1CC. The maximum absolute atomic E-state index is 13.8. The number of carbonyl (C=O) groups excluding carboxylic acids is 1. The topological polar surface area (TPSA) is 99.9 Å². The molecule has 8 nitrogen and oxygen atoms in total. The molecule has 5 atom stereocenters. The van der Waals surface area contributed by atoms with Crippen molar-refractivity contribution in [3.8, 4) is 5.75 Å². The highest BCUT2D eigenvalue weighted by atomic mass is 28.4. The molecular formula is C46H74O8Si2. The fourth-order valence-corrected chi connectivity index (χ4v) is 9.48. The highest BCUT2D eigenvalue weighted by molar-refractivity contribution is 6.74. The van der Waals surface area contributed by atoms with Crippen molar-refractivity contribution < 1.29 is 37.4 Å². The summed E-state index contributed by atoms with van der Waals surface area (Å²) in [6.07, 6.45) is 3.19. The fourth-order valence-electron chi connectivity index (χ4n) is 7.21. The van der Waals surface area contributed by atoms with Crippen LogP contribution in [0.2, 0.25) is 36.3 Å². The number of hydrogen-bond donors (Lipinski definition) is 1. The molecule has 1 saturated heterocycles. The summed E-state index contributed by atoms with van der Waals surface area (Å²) in [4.78, 5) is 13.8. The molecule has 0 saturated carbocycles. The van der Waals surface area contributed by atoms with Crippen molar-refractivity contribution in [3.63, 3.8) is 0 Å². The zero-order chi connectivity index (χ0) is 41.9. The lowest BCUT2D eigenvalue weighted by atomic mass is 9.83. The number of fused-ring (bicyclic) bond motifs is 1. The Labute approximate surface area is 340 Å². The van der Waals surface area contributed by atoms with Crippen LogP contribution < -0.4 is 4.74 Å². The molecule has 1 fully saturated rings. The van der Waals surface area contributed by atoms with Crippen LogP contribution >= 0.6 is 0 Å². The molecular weight excluding hydrogens is 737 g/mol. The predicted molar refractivity (Wildman–Crippen MR) is 232 cm³/mol. The number of carbonyl (C=O) groups is 1. The van der Waals surface area contributed by atoms with Crippen molar-refractivity contribution in [3.05, 3.63) is 64.9 Å². The number of aliphatic hydroxyl groups is 1. The lowest BCUT2D eigenvalue weighted by molar-refractivity contribution is -0.154. The van der Waals surface area contributed by atoms with E-state index in [1.165, 1.54) is 0 Å². The van der Waals surface area contributed by atoms with Crippen molar-refractivity contribution in [2.24, 2.45) is 5.92 Å². The second-order valence-electron chi connectivity index (χ2n) is 19.4. The van der Waals surface area contributed by atoms with Gasteiger partial charge in [-0.15, -0.1) is 0 Å². The van der Waals surface area contributed by atoms with Gasteiger partial charge < -0.3 is 32.6 Å². The van der Waals surface area contributed by atoms with Gasteiger partial charge in [-0.2, -0.15) is 0 Å². The Balaban J connectivity index is 1.86. The first-order chi connectivity index (χ1) is 26.0. The molecule has 2 heterocycles. The van der Waals surface area contributed by atoms with Gasteiger partial charge in [-0.25, -0.2) is 4.79 Å². The second kappa shape index (κ2) is 18.2. The number of ether oxygens (including phenoxy) is 3. The third-order valence-electron chi connectivity index (χ3n) is 12.6. The average molecular weight is 811 g/mol. The predicted octanol–water partition coefficient (Wildman–Crippen LogP) is 11.9. The van der Waals surface area contributed by atoms with Crippen LogP contribution in [0.15, 0.2) is 47.1 Å². The lowest BCUT2D eigenvalue weighted by Gasteiger charge is -2.41. The third kappa shape index (κ3) is 10.2. The number of furan rings is 1. The summed E-state index contributed by atoms with van der Waals surface area (Å²) in [5.41, 5.74) is 3.53. The highest BCUT2D eigenvalue weighted by Crippen LogP contribution is 2.50. The Kier molecular flexibility index (Phi) is 15.0. The molecule has 3 aromatic rings. The normalized spacial score (nSPS) is 19.6. The van der Waals surface area contributed by atoms with Gasteiger partial charge in [0.2, 0.25) is 5.60 Å². The van der Waals surface area contributed by atoms with Gasteiger partial charge in [-0.1, -0.05) is 106 Å². The molecule has 1 aliphatic rings. The van der Waals surface area contributed by atoms with Gasteiger partial charge >= 0.3 is 5.97 Å². The molecule has 0 unspecified atom stereocenters. The minimum Gasteiger partial charge on any atom is -0.488 e. The van der Waals surface area contributed by atoms with E-state index in [4.69, 9.17) is 27.5 Å². The molecule has 0 radical (unpaired) electrons. The van der Waals surface area contributed by atoms with Gasteiger partial charge in [0.15, 0.2) is 16.6 Å². The van der Waals surface area contributed by atoms with Crippen LogP contribution in [-0.2, 0) is 42.8 Å². The van der Waals surface area contributed by atoms with Crippen LogP contribution in [0.3, 0.4) is 0 Å². The van der Waals surface area contributed by atoms with E-state index < -0.39 is 40.4 Å². The van der Waals surface area contributed by atoms with Gasteiger partial charge in [-0.05, 0) is 85.6 Å². The van der Waals surface area contributed by atoms with E-state index in [-0.39, 0.29) is 35.1 Å². The first-order valence-corrected chi connectivity index (χ1v) is 26.9. The molecule has 1 aliphatic heterocycles. The van der Waals surface area contributed by atoms with E-state index in [0.717, 1.165) is 51.8 Å². The molecule has 0 spiro atoms. The molecule has 56 heavy (non-hydrogen) atoms. The quantitative estimate of drug-likeness (QED) is 0.0684. The summed E-state index contributed by atoms with van der Waals surface area (Å²) >= 11 is 0.